The first-order valence-corrected chi connectivity index (χ1v) is 3.77. The van der Waals surface area contributed by atoms with Gasteiger partial charge in [-0.2, -0.15) is 4.98 Å². The smallest absolute Gasteiger partial charge is 0.363 e. The van der Waals surface area contributed by atoms with Crippen LogP contribution in [0.25, 0.3) is 5.78 Å². The van der Waals surface area contributed by atoms with Crippen molar-refractivity contribution >= 4 is 11.7 Å². The molecule has 2 heterocycles. The number of aromatic amines is 1. The summed E-state index contributed by atoms with van der Waals surface area (Å²) in [4.78, 5) is 28.6. The number of aromatic nitrogens is 4. The number of aromatic carboxylic acids is 1. The standard InChI is InChI=1S/C7H6N4O3/c1-3-2-4(5(12)13)8-6-9-7(14)10-11(3)6/h2H,1H3,(H,10,14)(H,12,13). The van der Waals surface area contributed by atoms with E-state index >= 15 is 0 Å². The fourth-order valence-corrected chi connectivity index (χ4v) is 1.14. The van der Waals surface area contributed by atoms with E-state index < -0.39 is 11.7 Å². The fraction of sp³-hybridized carbons (Fsp3) is 0.143. The second-order valence-electron chi connectivity index (χ2n) is 2.75. The highest BCUT2D eigenvalue weighted by atomic mass is 16.4. The average Bonchev–Trinajstić information content (AvgIpc) is 2.45. The molecule has 7 nitrogen and oxygen atoms in total. The van der Waals surface area contributed by atoms with Crippen LogP contribution in [-0.4, -0.2) is 30.7 Å². The van der Waals surface area contributed by atoms with Crippen LogP contribution in [0.3, 0.4) is 0 Å². The Morgan fingerprint density at radius 1 is 1.57 bits per heavy atom. The molecular weight excluding hydrogens is 188 g/mol. The molecule has 2 aromatic rings. The Hall–Kier alpha value is -2.18. The van der Waals surface area contributed by atoms with Gasteiger partial charge in [-0.15, -0.1) is 0 Å². The van der Waals surface area contributed by atoms with Gasteiger partial charge in [0.15, 0.2) is 5.69 Å². The first-order valence-electron chi connectivity index (χ1n) is 3.77. The zero-order valence-corrected chi connectivity index (χ0v) is 7.18. The summed E-state index contributed by atoms with van der Waals surface area (Å²) >= 11 is 0. The predicted molar refractivity (Wildman–Crippen MR) is 45.3 cm³/mol. The van der Waals surface area contributed by atoms with Crippen LogP contribution in [0.2, 0.25) is 0 Å². The number of nitrogens with one attached hydrogen (secondary N) is 1. The Balaban J connectivity index is 2.84. The third-order valence-corrected chi connectivity index (χ3v) is 1.75. The zero-order valence-electron chi connectivity index (χ0n) is 7.18. The van der Waals surface area contributed by atoms with Crippen LogP contribution in [0.4, 0.5) is 0 Å². The maximum absolute atomic E-state index is 10.8. The van der Waals surface area contributed by atoms with Crippen molar-refractivity contribution in [3.8, 4) is 0 Å². The Kier molecular flexibility index (Phi) is 1.60. The van der Waals surface area contributed by atoms with E-state index in [4.69, 9.17) is 5.11 Å². The number of rotatable bonds is 1. The molecule has 0 spiro atoms. The van der Waals surface area contributed by atoms with E-state index in [2.05, 4.69) is 15.1 Å². The monoisotopic (exact) mass is 194 g/mol. The van der Waals surface area contributed by atoms with Gasteiger partial charge in [-0.3, -0.25) is 0 Å². The molecule has 0 aliphatic rings. The van der Waals surface area contributed by atoms with Crippen LogP contribution in [0.1, 0.15) is 16.2 Å². The van der Waals surface area contributed by atoms with E-state index in [0.29, 0.717) is 5.69 Å². The summed E-state index contributed by atoms with van der Waals surface area (Å²) in [6.45, 7) is 1.65. The molecule has 0 aliphatic heterocycles. The molecule has 0 aliphatic carbocycles. The molecule has 14 heavy (non-hydrogen) atoms. The van der Waals surface area contributed by atoms with Gasteiger partial charge in [0.2, 0.25) is 0 Å². The maximum Gasteiger partial charge on any atom is 0.363 e. The van der Waals surface area contributed by atoms with Gasteiger partial charge in [-0.1, -0.05) is 0 Å². The molecule has 0 saturated heterocycles. The third-order valence-electron chi connectivity index (χ3n) is 1.75. The Bertz CT molecular complexity index is 568. The lowest BCUT2D eigenvalue weighted by Gasteiger charge is -1.98. The molecule has 0 fully saturated rings. The average molecular weight is 194 g/mol. The van der Waals surface area contributed by atoms with Crippen LogP contribution >= 0.6 is 0 Å². The zero-order chi connectivity index (χ0) is 10.3. The number of aryl methyl sites for hydroxylation is 1. The molecule has 0 atom stereocenters. The summed E-state index contributed by atoms with van der Waals surface area (Å²) in [7, 11) is 0. The fourth-order valence-electron chi connectivity index (χ4n) is 1.14. The second-order valence-corrected chi connectivity index (χ2v) is 2.75. The topological polar surface area (TPSA) is 100 Å². The van der Waals surface area contributed by atoms with Crippen LogP contribution in [0.5, 0.6) is 0 Å². The van der Waals surface area contributed by atoms with Crippen molar-refractivity contribution in [2.24, 2.45) is 0 Å². The van der Waals surface area contributed by atoms with Crippen molar-refractivity contribution < 1.29 is 9.90 Å². The van der Waals surface area contributed by atoms with Gasteiger partial charge in [0, 0.05) is 5.69 Å². The quantitative estimate of drug-likeness (QED) is 0.632. The third kappa shape index (κ3) is 1.15. The second kappa shape index (κ2) is 2.66. The maximum atomic E-state index is 10.8. The summed E-state index contributed by atoms with van der Waals surface area (Å²) in [5, 5.41) is 11.1. The number of H-pyrrole nitrogens is 1. The van der Waals surface area contributed by atoms with Gasteiger partial charge in [-0.05, 0) is 13.0 Å². The highest BCUT2D eigenvalue weighted by molar-refractivity contribution is 5.85. The molecule has 0 radical (unpaired) electrons. The van der Waals surface area contributed by atoms with E-state index in [1.54, 1.807) is 6.92 Å². The van der Waals surface area contributed by atoms with Gasteiger partial charge in [0.05, 0.1) is 0 Å². The number of nitrogens with zero attached hydrogens (tertiary/aromatic N) is 3. The predicted octanol–water partition coefficient (Wildman–Crippen LogP) is -0.576. The highest BCUT2D eigenvalue weighted by Crippen LogP contribution is 2.02. The molecule has 0 aromatic carbocycles. The Morgan fingerprint density at radius 3 is 2.93 bits per heavy atom. The van der Waals surface area contributed by atoms with Crippen molar-refractivity contribution in [3.05, 3.63) is 27.9 Å². The molecule has 7 heteroatoms. The minimum Gasteiger partial charge on any atom is -0.477 e. The summed E-state index contributed by atoms with van der Waals surface area (Å²) in [5.74, 6) is -1.08. The molecule has 2 aromatic heterocycles. The van der Waals surface area contributed by atoms with Crippen molar-refractivity contribution in [1.29, 1.82) is 0 Å². The summed E-state index contributed by atoms with van der Waals surface area (Å²) < 4.78 is 1.33. The Labute approximate surface area is 77.0 Å². The lowest BCUT2D eigenvalue weighted by molar-refractivity contribution is 0.0690. The molecule has 0 saturated carbocycles. The lowest BCUT2D eigenvalue weighted by Crippen LogP contribution is -2.06. The largest absolute Gasteiger partial charge is 0.477 e. The van der Waals surface area contributed by atoms with E-state index in [1.165, 1.54) is 10.6 Å². The number of carboxylic acid groups (broad SMARTS) is 1. The van der Waals surface area contributed by atoms with E-state index in [9.17, 15) is 9.59 Å². The minimum atomic E-state index is -1.15. The molecular formula is C7H6N4O3. The normalized spacial score (nSPS) is 10.6. The van der Waals surface area contributed by atoms with Crippen molar-refractivity contribution in [2.75, 3.05) is 0 Å². The first-order chi connectivity index (χ1) is 6.58. The van der Waals surface area contributed by atoms with Gasteiger partial charge in [0.1, 0.15) is 0 Å². The van der Waals surface area contributed by atoms with Crippen LogP contribution in [-0.2, 0) is 0 Å². The van der Waals surface area contributed by atoms with E-state index in [1.807, 2.05) is 0 Å². The lowest BCUT2D eigenvalue weighted by atomic mass is 10.3. The summed E-state index contributed by atoms with van der Waals surface area (Å²) in [5.41, 5.74) is -0.126. The number of hydrogen-bond donors (Lipinski definition) is 2. The highest BCUT2D eigenvalue weighted by Gasteiger charge is 2.09. The van der Waals surface area contributed by atoms with Gasteiger partial charge in [-0.25, -0.2) is 24.2 Å². The summed E-state index contributed by atoms with van der Waals surface area (Å²) in [6, 6.07) is 1.35. The Morgan fingerprint density at radius 2 is 2.29 bits per heavy atom. The van der Waals surface area contributed by atoms with E-state index in [-0.39, 0.29) is 11.5 Å². The molecule has 0 unspecified atom stereocenters. The molecule has 0 amide bonds. The molecule has 2 N–H and O–H groups in total. The number of hydrogen-bond acceptors (Lipinski definition) is 4. The number of carbonyl (C=O) groups is 1. The SMILES string of the molecule is Cc1cc(C(=O)O)nc2nc(=O)[nH]n12. The minimum absolute atomic E-state index is 0.0624. The van der Waals surface area contributed by atoms with Crippen LogP contribution in [0, 0.1) is 6.92 Å². The molecule has 2 rings (SSSR count). The van der Waals surface area contributed by atoms with Crippen LogP contribution < -0.4 is 5.69 Å². The van der Waals surface area contributed by atoms with Crippen molar-refractivity contribution in [3.63, 3.8) is 0 Å². The van der Waals surface area contributed by atoms with Crippen molar-refractivity contribution in [2.45, 2.75) is 6.92 Å². The van der Waals surface area contributed by atoms with Crippen LogP contribution in [0.15, 0.2) is 10.9 Å². The first kappa shape index (κ1) is 8.42. The van der Waals surface area contributed by atoms with E-state index in [0.717, 1.165) is 0 Å². The molecule has 0 bridgehead atoms. The van der Waals surface area contributed by atoms with Gasteiger partial charge < -0.3 is 5.11 Å². The summed E-state index contributed by atoms with van der Waals surface area (Å²) in [6.07, 6.45) is 0. The molecule has 72 valence electrons. The number of fused-ring (bicyclic) bond motifs is 1. The van der Waals surface area contributed by atoms with Gasteiger partial charge >= 0.3 is 11.7 Å². The van der Waals surface area contributed by atoms with Gasteiger partial charge in [0.25, 0.3) is 5.78 Å². The number of carboxylic acids is 1. The van der Waals surface area contributed by atoms with Crippen molar-refractivity contribution in [1.82, 2.24) is 19.6 Å².